The first-order valence-corrected chi connectivity index (χ1v) is 8.33. The highest BCUT2D eigenvalue weighted by Crippen LogP contribution is 2.33. The molecule has 0 spiro atoms. The van der Waals surface area contributed by atoms with Crippen LogP contribution in [0.2, 0.25) is 5.02 Å². The van der Waals surface area contributed by atoms with Gasteiger partial charge in [0, 0.05) is 16.1 Å². The van der Waals surface area contributed by atoms with Crippen molar-refractivity contribution in [2.45, 2.75) is 38.8 Å². The number of hydrogen-bond acceptors (Lipinski definition) is 4. The molecule has 0 aromatic heterocycles. The average molecular weight is 381 g/mol. The number of nitrogens with one attached hydrogen (secondary N) is 3. The van der Waals surface area contributed by atoms with Gasteiger partial charge in [0.2, 0.25) is 5.91 Å². The Morgan fingerprint density at radius 3 is 2.42 bits per heavy atom. The lowest BCUT2D eigenvalue weighted by molar-refractivity contribution is -0.134. The zero-order valence-electron chi connectivity index (χ0n) is 15.0. The molecule has 140 valence electrons. The molecule has 0 aliphatic carbocycles. The van der Waals surface area contributed by atoms with Crippen LogP contribution in [0.4, 0.5) is 9.59 Å². The Balaban J connectivity index is 2.11. The fourth-order valence-corrected chi connectivity index (χ4v) is 2.90. The number of urea groups is 2. The molecule has 1 aromatic rings. The third kappa shape index (κ3) is 4.13. The van der Waals surface area contributed by atoms with Gasteiger partial charge in [0.25, 0.3) is 5.91 Å². The Morgan fingerprint density at radius 1 is 1.23 bits per heavy atom. The zero-order chi connectivity index (χ0) is 19.7. The number of nitrogens with zero attached hydrogens (tertiary/aromatic N) is 1. The van der Waals surface area contributed by atoms with Crippen LogP contribution in [0.15, 0.2) is 24.3 Å². The second-order valence-electron chi connectivity index (χ2n) is 7.18. The SMILES string of the molecule is CC(C)(C)NC(=O)NC(=O)CN1C(=O)N[C@@](C)(c2ccccc2Cl)C1=O. The third-order valence-electron chi connectivity index (χ3n) is 3.73. The molecule has 1 aliphatic rings. The second kappa shape index (κ2) is 6.95. The van der Waals surface area contributed by atoms with Gasteiger partial charge in [-0.25, -0.2) is 9.59 Å². The van der Waals surface area contributed by atoms with Crippen LogP contribution in [0.5, 0.6) is 0 Å². The number of rotatable bonds is 3. The van der Waals surface area contributed by atoms with Gasteiger partial charge < -0.3 is 10.6 Å². The molecule has 9 heteroatoms. The Labute approximate surface area is 156 Å². The number of benzene rings is 1. The van der Waals surface area contributed by atoms with E-state index in [4.69, 9.17) is 11.6 Å². The van der Waals surface area contributed by atoms with Gasteiger partial charge in [-0.15, -0.1) is 0 Å². The largest absolute Gasteiger partial charge is 0.333 e. The van der Waals surface area contributed by atoms with Gasteiger partial charge in [-0.1, -0.05) is 29.8 Å². The van der Waals surface area contributed by atoms with Crippen molar-refractivity contribution in [3.05, 3.63) is 34.9 Å². The molecule has 1 atom stereocenters. The van der Waals surface area contributed by atoms with Crippen molar-refractivity contribution < 1.29 is 19.2 Å². The van der Waals surface area contributed by atoms with E-state index in [0.29, 0.717) is 10.6 Å². The molecule has 26 heavy (non-hydrogen) atoms. The van der Waals surface area contributed by atoms with Crippen LogP contribution in [-0.4, -0.2) is 40.9 Å². The summed E-state index contributed by atoms with van der Waals surface area (Å²) in [4.78, 5) is 49.5. The lowest BCUT2D eigenvalue weighted by atomic mass is 9.92. The molecule has 0 radical (unpaired) electrons. The Kier molecular flexibility index (Phi) is 5.27. The fraction of sp³-hybridized carbons (Fsp3) is 0.412. The molecule has 0 saturated carbocycles. The van der Waals surface area contributed by atoms with E-state index >= 15 is 0 Å². The summed E-state index contributed by atoms with van der Waals surface area (Å²) in [6.45, 7) is 6.19. The van der Waals surface area contributed by atoms with Crippen molar-refractivity contribution in [1.82, 2.24) is 20.9 Å². The molecule has 1 fully saturated rings. The standard InChI is InChI=1S/C17H21ClN4O4/c1-16(2,3)20-14(25)19-12(23)9-22-13(24)17(4,21-15(22)26)10-7-5-6-8-11(10)18/h5-8H,9H2,1-4H3,(H,21,26)(H2,19,20,23,25)/t17-/m0/s1. The Bertz CT molecular complexity index is 774. The molecule has 3 N–H and O–H groups in total. The molecule has 0 unspecified atom stereocenters. The Morgan fingerprint density at radius 2 is 1.85 bits per heavy atom. The predicted molar refractivity (Wildman–Crippen MR) is 95.5 cm³/mol. The van der Waals surface area contributed by atoms with E-state index in [-0.39, 0.29) is 0 Å². The number of amides is 6. The van der Waals surface area contributed by atoms with E-state index in [9.17, 15) is 19.2 Å². The summed E-state index contributed by atoms with van der Waals surface area (Å²) in [5, 5.41) is 7.52. The maximum Gasteiger partial charge on any atom is 0.325 e. The van der Waals surface area contributed by atoms with Gasteiger partial charge in [0.15, 0.2) is 0 Å². The van der Waals surface area contributed by atoms with Crippen LogP contribution in [0.25, 0.3) is 0 Å². The highest BCUT2D eigenvalue weighted by atomic mass is 35.5. The van der Waals surface area contributed by atoms with Gasteiger partial charge in [0.1, 0.15) is 12.1 Å². The van der Waals surface area contributed by atoms with E-state index in [0.717, 1.165) is 4.90 Å². The molecular weight excluding hydrogens is 360 g/mol. The summed E-state index contributed by atoms with van der Waals surface area (Å²) in [6.07, 6.45) is 0. The van der Waals surface area contributed by atoms with E-state index in [1.807, 2.05) is 0 Å². The lowest BCUT2D eigenvalue weighted by Gasteiger charge is -2.23. The molecule has 2 rings (SSSR count). The number of hydrogen-bond donors (Lipinski definition) is 3. The van der Waals surface area contributed by atoms with Crippen molar-refractivity contribution in [2.75, 3.05) is 6.54 Å². The van der Waals surface area contributed by atoms with Crippen LogP contribution in [-0.2, 0) is 15.1 Å². The van der Waals surface area contributed by atoms with Gasteiger partial charge >= 0.3 is 12.1 Å². The molecular formula is C17H21ClN4O4. The first kappa shape index (κ1) is 19.7. The molecule has 0 bridgehead atoms. The number of halogens is 1. The maximum atomic E-state index is 12.7. The Hall–Kier alpha value is -2.61. The first-order chi connectivity index (χ1) is 11.9. The average Bonchev–Trinajstić information content (AvgIpc) is 2.69. The number of imide groups is 2. The molecule has 1 aromatic carbocycles. The minimum atomic E-state index is -1.39. The zero-order valence-corrected chi connectivity index (χ0v) is 15.7. The third-order valence-corrected chi connectivity index (χ3v) is 4.06. The summed E-state index contributed by atoms with van der Waals surface area (Å²) in [7, 11) is 0. The number of carbonyl (C=O) groups excluding carboxylic acids is 4. The van der Waals surface area contributed by atoms with Gasteiger partial charge in [-0.05, 0) is 33.8 Å². The van der Waals surface area contributed by atoms with Crippen LogP contribution >= 0.6 is 11.6 Å². The summed E-state index contributed by atoms with van der Waals surface area (Å²) in [6, 6.07) is 5.19. The van der Waals surface area contributed by atoms with Crippen molar-refractivity contribution >= 4 is 35.5 Å². The molecule has 8 nitrogen and oxygen atoms in total. The molecule has 1 saturated heterocycles. The van der Waals surface area contributed by atoms with Crippen LogP contribution in [0.1, 0.15) is 33.3 Å². The molecule has 1 heterocycles. The van der Waals surface area contributed by atoms with Crippen LogP contribution in [0, 0.1) is 0 Å². The molecule has 6 amide bonds. The highest BCUT2D eigenvalue weighted by Gasteiger charge is 2.50. The maximum absolute atomic E-state index is 12.7. The molecule has 1 aliphatic heterocycles. The summed E-state index contributed by atoms with van der Waals surface area (Å²) < 4.78 is 0. The van der Waals surface area contributed by atoms with Gasteiger partial charge in [-0.2, -0.15) is 0 Å². The smallest absolute Gasteiger partial charge is 0.325 e. The van der Waals surface area contributed by atoms with Crippen molar-refractivity contribution in [2.24, 2.45) is 0 Å². The topological polar surface area (TPSA) is 108 Å². The minimum Gasteiger partial charge on any atom is -0.333 e. The predicted octanol–water partition coefficient (Wildman–Crippen LogP) is 1.73. The van der Waals surface area contributed by atoms with E-state index in [1.165, 1.54) is 6.92 Å². The van der Waals surface area contributed by atoms with Crippen LogP contribution < -0.4 is 16.0 Å². The normalized spacial score (nSPS) is 20.0. The van der Waals surface area contributed by atoms with E-state index in [2.05, 4.69) is 16.0 Å². The summed E-state index contributed by atoms with van der Waals surface area (Å²) in [5.74, 6) is -1.40. The quantitative estimate of drug-likeness (QED) is 0.694. The van der Waals surface area contributed by atoms with Gasteiger partial charge in [0.05, 0.1) is 0 Å². The fourth-order valence-electron chi connectivity index (χ4n) is 2.57. The van der Waals surface area contributed by atoms with Crippen LogP contribution in [0.3, 0.4) is 0 Å². The van der Waals surface area contributed by atoms with Crippen molar-refractivity contribution in [1.29, 1.82) is 0 Å². The number of carbonyl (C=O) groups is 4. The monoisotopic (exact) mass is 380 g/mol. The lowest BCUT2D eigenvalue weighted by Crippen LogP contribution is -2.51. The van der Waals surface area contributed by atoms with Crippen molar-refractivity contribution in [3.63, 3.8) is 0 Å². The first-order valence-electron chi connectivity index (χ1n) is 7.95. The summed E-state index contributed by atoms with van der Waals surface area (Å²) in [5.41, 5.74) is -1.49. The van der Waals surface area contributed by atoms with Gasteiger partial charge in [-0.3, -0.25) is 19.8 Å². The second-order valence-corrected chi connectivity index (χ2v) is 7.59. The highest BCUT2D eigenvalue weighted by molar-refractivity contribution is 6.32. The van der Waals surface area contributed by atoms with E-state index < -0.39 is 41.5 Å². The van der Waals surface area contributed by atoms with E-state index in [1.54, 1.807) is 45.0 Å². The van der Waals surface area contributed by atoms with Crippen molar-refractivity contribution in [3.8, 4) is 0 Å². The summed E-state index contributed by atoms with van der Waals surface area (Å²) >= 11 is 6.14. The minimum absolute atomic E-state index is 0.319.